The first-order valence-corrected chi connectivity index (χ1v) is 5.62. The summed E-state index contributed by atoms with van der Waals surface area (Å²) in [6, 6.07) is 12.1. The van der Waals surface area contributed by atoms with Crippen LogP contribution < -0.4 is 10.6 Å². The molecule has 2 aromatic rings. The van der Waals surface area contributed by atoms with Crippen molar-refractivity contribution in [2.75, 3.05) is 17.7 Å². The Labute approximate surface area is 102 Å². The van der Waals surface area contributed by atoms with Gasteiger partial charge in [0, 0.05) is 12.7 Å². The number of hydrogen-bond donors (Lipinski definition) is 1. The highest BCUT2D eigenvalue weighted by molar-refractivity contribution is 5.64. The number of nitrogens with two attached hydrogens (primary N) is 1. The monoisotopic (exact) mass is 227 g/mol. The van der Waals surface area contributed by atoms with Crippen molar-refractivity contribution in [2.45, 2.75) is 13.8 Å². The number of rotatable bonds is 2. The van der Waals surface area contributed by atoms with Gasteiger partial charge in [0.1, 0.15) is 5.82 Å². The average molecular weight is 227 g/mol. The minimum Gasteiger partial charge on any atom is -0.397 e. The van der Waals surface area contributed by atoms with Gasteiger partial charge in [-0.25, -0.2) is 4.98 Å². The summed E-state index contributed by atoms with van der Waals surface area (Å²) in [6.45, 7) is 4.01. The maximum atomic E-state index is 5.78. The van der Waals surface area contributed by atoms with Gasteiger partial charge in [-0.1, -0.05) is 18.2 Å². The Kier molecular flexibility index (Phi) is 3.00. The molecule has 0 aliphatic heterocycles. The lowest BCUT2D eigenvalue weighted by molar-refractivity contribution is 1.09. The third-order valence-electron chi connectivity index (χ3n) is 2.93. The topological polar surface area (TPSA) is 42.1 Å². The predicted octanol–water partition coefficient (Wildman–Crippen LogP) is 3.05. The third kappa shape index (κ3) is 2.23. The summed E-state index contributed by atoms with van der Waals surface area (Å²) in [5.41, 5.74) is 9.75. The van der Waals surface area contributed by atoms with Gasteiger partial charge < -0.3 is 10.6 Å². The van der Waals surface area contributed by atoms with Crippen LogP contribution in [0.2, 0.25) is 0 Å². The van der Waals surface area contributed by atoms with Gasteiger partial charge in [0.15, 0.2) is 0 Å². The highest BCUT2D eigenvalue weighted by Gasteiger charge is 2.08. The lowest BCUT2D eigenvalue weighted by Gasteiger charge is -2.21. The van der Waals surface area contributed by atoms with E-state index in [1.807, 2.05) is 38.2 Å². The molecule has 0 aliphatic rings. The molecule has 0 saturated carbocycles. The van der Waals surface area contributed by atoms with Crippen LogP contribution in [0.1, 0.15) is 11.3 Å². The molecule has 1 aromatic heterocycles. The van der Waals surface area contributed by atoms with E-state index in [9.17, 15) is 0 Å². The molecule has 0 radical (unpaired) electrons. The molecule has 1 aromatic carbocycles. The number of hydrogen-bond acceptors (Lipinski definition) is 3. The van der Waals surface area contributed by atoms with E-state index in [4.69, 9.17) is 5.73 Å². The van der Waals surface area contributed by atoms with Crippen molar-refractivity contribution >= 4 is 17.2 Å². The first-order valence-electron chi connectivity index (χ1n) is 5.62. The van der Waals surface area contributed by atoms with Crippen LogP contribution in [-0.4, -0.2) is 12.0 Å². The quantitative estimate of drug-likeness (QED) is 0.857. The average Bonchev–Trinajstić information content (AvgIpc) is 2.32. The van der Waals surface area contributed by atoms with Crippen LogP contribution in [0.3, 0.4) is 0 Å². The summed E-state index contributed by atoms with van der Waals surface area (Å²) in [5.74, 6) is 0.908. The third-order valence-corrected chi connectivity index (χ3v) is 2.93. The van der Waals surface area contributed by atoms with Crippen LogP contribution in [0, 0.1) is 13.8 Å². The van der Waals surface area contributed by atoms with E-state index >= 15 is 0 Å². The largest absolute Gasteiger partial charge is 0.397 e. The molecule has 3 heteroatoms. The number of benzene rings is 1. The Balaban J connectivity index is 2.40. The fraction of sp³-hybridized carbons (Fsp3) is 0.214. The molecule has 0 bridgehead atoms. The van der Waals surface area contributed by atoms with Crippen LogP contribution in [0.4, 0.5) is 17.2 Å². The van der Waals surface area contributed by atoms with E-state index in [0.717, 1.165) is 22.9 Å². The van der Waals surface area contributed by atoms with Crippen molar-refractivity contribution in [3.05, 3.63) is 47.7 Å². The lowest BCUT2D eigenvalue weighted by atomic mass is 10.2. The number of pyridine rings is 1. The summed E-state index contributed by atoms with van der Waals surface area (Å²) < 4.78 is 0. The van der Waals surface area contributed by atoms with Crippen LogP contribution >= 0.6 is 0 Å². The van der Waals surface area contributed by atoms with Gasteiger partial charge in [0.05, 0.1) is 11.4 Å². The number of para-hydroxylation sites is 1. The molecule has 0 unspecified atom stereocenters. The normalized spacial score (nSPS) is 10.3. The number of anilines is 3. The van der Waals surface area contributed by atoms with Crippen molar-refractivity contribution in [3.8, 4) is 0 Å². The molecule has 1 heterocycles. The van der Waals surface area contributed by atoms with E-state index in [1.54, 1.807) is 0 Å². The maximum absolute atomic E-state index is 5.78. The molecule has 2 N–H and O–H groups in total. The Morgan fingerprint density at radius 2 is 1.76 bits per heavy atom. The smallest absolute Gasteiger partial charge is 0.133 e. The molecule has 17 heavy (non-hydrogen) atoms. The molecule has 88 valence electrons. The first kappa shape index (κ1) is 11.5. The van der Waals surface area contributed by atoms with E-state index in [1.165, 1.54) is 5.56 Å². The van der Waals surface area contributed by atoms with Crippen molar-refractivity contribution in [2.24, 2.45) is 0 Å². The first-order chi connectivity index (χ1) is 8.09. The van der Waals surface area contributed by atoms with E-state index < -0.39 is 0 Å². The fourth-order valence-corrected chi connectivity index (χ4v) is 1.81. The van der Waals surface area contributed by atoms with Gasteiger partial charge in [-0.05, 0) is 37.6 Å². The zero-order valence-corrected chi connectivity index (χ0v) is 10.4. The summed E-state index contributed by atoms with van der Waals surface area (Å²) in [4.78, 5) is 6.56. The second-order valence-electron chi connectivity index (χ2n) is 4.19. The highest BCUT2D eigenvalue weighted by Crippen LogP contribution is 2.25. The summed E-state index contributed by atoms with van der Waals surface area (Å²) in [7, 11) is 2.01. The Morgan fingerprint density at radius 1 is 1.06 bits per heavy atom. The van der Waals surface area contributed by atoms with Gasteiger partial charge >= 0.3 is 0 Å². The summed E-state index contributed by atoms with van der Waals surface area (Å²) >= 11 is 0. The second kappa shape index (κ2) is 4.45. The lowest BCUT2D eigenvalue weighted by Crippen LogP contribution is -2.13. The molecule has 0 spiro atoms. The van der Waals surface area contributed by atoms with Crippen molar-refractivity contribution in [3.63, 3.8) is 0 Å². The van der Waals surface area contributed by atoms with Crippen molar-refractivity contribution in [1.82, 2.24) is 4.98 Å². The van der Waals surface area contributed by atoms with Crippen LogP contribution in [0.25, 0.3) is 0 Å². The molecular formula is C14H17N3. The Bertz CT molecular complexity index is 535. The molecule has 0 atom stereocenters. The van der Waals surface area contributed by atoms with Crippen LogP contribution in [0.15, 0.2) is 36.4 Å². The number of aromatic nitrogens is 1. The molecule has 2 rings (SSSR count). The van der Waals surface area contributed by atoms with Crippen LogP contribution in [0.5, 0.6) is 0 Å². The van der Waals surface area contributed by atoms with E-state index in [-0.39, 0.29) is 0 Å². The maximum Gasteiger partial charge on any atom is 0.133 e. The zero-order chi connectivity index (χ0) is 12.4. The SMILES string of the molecule is Cc1ccccc1N(C)c1ccc(N)c(C)n1. The predicted molar refractivity (Wildman–Crippen MR) is 72.6 cm³/mol. The minimum atomic E-state index is 0.729. The molecule has 0 saturated heterocycles. The van der Waals surface area contributed by atoms with Crippen molar-refractivity contribution in [1.29, 1.82) is 0 Å². The van der Waals surface area contributed by atoms with Gasteiger partial charge in [-0.2, -0.15) is 0 Å². The molecule has 0 fully saturated rings. The van der Waals surface area contributed by atoms with Gasteiger partial charge in [0.25, 0.3) is 0 Å². The van der Waals surface area contributed by atoms with E-state index in [2.05, 4.69) is 28.9 Å². The van der Waals surface area contributed by atoms with Gasteiger partial charge in [-0.15, -0.1) is 0 Å². The Hall–Kier alpha value is -2.03. The Morgan fingerprint density at radius 3 is 2.41 bits per heavy atom. The highest BCUT2D eigenvalue weighted by atomic mass is 15.2. The molecule has 0 amide bonds. The standard InChI is InChI=1S/C14H17N3/c1-10-6-4-5-7-13(10)17(3)14-9-8-12(15)11(2)16-14/h4-9H,15H2,1-3H3. The molecule has 0 aliphatic carbocycles. The molecule has 3 nitrogen and oxygen atoms in total. The number of aryl methyl sites for hydroxylation is 2. The fourth-order valence-electron chi connectivity index (χ4n) is 1.81. The van der Waals surface area contributed by atoms with Gasteiger partial charge in [-0.3, -0.25) is 0 Å². The number of nitrogen functional groups attached to an aromatic ring is 1. The van der Waals surface area contributed by atoms with E-state index in [0.29, 0.717) is 0 Å². The summed E-state index contributed by atoms with van der Waals surface area (Å²) in [5, 5.41) is 0. The van der Waals surface area contributed by atoms with Crippen molar-refractivity contribution < 1.29 is 0 Å². The van der Waals surface area contributed by atoms with Crippen LogP contribution in [-0.2, 0) is 0 Å². The minimum absolute atomic E-state index is 0.729. The number of nitrogens with zero attached hydrogens (tertiary/aromatic N) is 2. The zero-order valence-electron chi connectivity index (χ0n) is 10.4. The molecular weight excluding hydrogens is 210 g/mol. The second-order valence-corrected chi connectivity index (χ2v) is 4.19. The summed E-state index contributed by atoms with van der Waals surface area (Å²) in [6.07, 6.45) is 0. The van der Waals surface area contributed by atoms with Gasteiger partial charge in [0.2, 0.25) is 0 Å².